The van der Waals surface area contributed by atoms with Crippen molar-refractivity contribution in [3.05, 3.63) is 101 Å². The number of amides is 2. The maximum Gasteiger partial charge on any atom is 0.253 e. The van der Waals surface area contributed by atoms with Crippen LogP contribution in [0.4, 0.5) is 14.5 Å². The SMILES string of the molecule is O=C(NC1CCN(c2ccccc2C(=O)NCc2cccc(F)c2)CC1)c1cccc(F)c1. The molecule has 0 radical (unpaired) electrons. The minimum absolute atomic E-state index is 0.0222. The third kappa shape index (κ3) is 5.74. The van der Waals surface area contributed by atoms with Crippen molar-refractivity contribution >= 4 is 17.5 Å². The van der Waals surface area contributed by atoms with Gasteiger partial charge in [0.05, 0.1) is 5.56 Å². The molecular formula is C26H25F2N3O2. The Hall–Kier alpha value is -3.74. The molecule has 0 aliphatic carbocycles. The third-order valence-corrected chi connectivity index (χ3v) is 5.75. The standard InChI is InChI=1S/C26H25F2N3O2/c27-20-7-3-5-18(15-20)17-29-26(33)23-9-1-2-10-24(23)31-13-11-22(12-14-31)30-25(32)19-6-4-8-21(28)16-19/h1-10,15-16,22H,11-14,17H2,(H,29,33)(H,30,32). The molecule has 1 heterocycles. The molecule has 3 aromatic rings. The summed E-state index contributed by atoms with van der Waals surface area (Å²) in [6, 6.07) is 19.1. The smallest absolute Gasteiger partial charge is 0.253 e. The van der Waals surface area contributed by atoms with E-state index in [9.17, 15) is 18.4 Å². The number of hydrogen-bond donors (Lipinski definition) is 2. The molecule has 0 spiro atoms. The zero-order chi connectivity index (χ0) is 23.2. The number of para-hydroxylation sites is 1. The van der Waals surface area contributed by atoms with Gasteiger partial charge in [0.25, 0.3) is 11.8 Å². The summed E-state index contributed by atoms with van der Waals surface area (Å²) in [7, 11) is 0. The lowest BCUT2D eigenvalue weighted by atomic mass is 10.0. The van der Waals surface area contributed by atoms with E-state index in [1.54, 1.807) is 24.3 Å². The largest absolute Gasteiger partial charge is 0.371 e. The van der Waals surface area contributed by atoms with Gasteiger partial charge in [0.15, 0.2) is 0 Å². The van der Waals surface area contributed by atoms with Crippen molar-refractivity contribution in [1.82, 2.24) is 10.6 Å². The molecule has 0 unspecified atom stereocenters. The van der Waals surface area contributed by atoms with Gasteiger partial charge in [-0.25, -0.2) is 8.78 Å². The van der Waals surface area contributed by atoms with Crippen LogP contribution in [0.15, 0.2) is 72.8 Å². The molecule has 0 aromatic heterocycles. The fourth-order valence-corrected chi connectivity index (χ4v) is 4.03. The molecule has 3 aromatic carbocycles. The van der Waals surface area contributed by atoms with E-state index < -0.39 is 5.82 Å². The van der Waals surface area contributed by atoms with Crippen LogP contribution in [0.3, 0.4) is 0 Å². The van der Waals surface area contributed by atoms with E-state index in [0.29, 0.717) is 42.6 Å². The zero-order valence-corrected chi connectivity index (χ0v) is 18.1. The van der Waals surface area contributed by atoms with Gasteiger partial charge in [-0.05, 0) is 60.9 Å². The van der Waals surface area contributed by atoms with Crippen molar-refractivity contribution < 1.29 is 18.4 Å². The molecule has 7 heteroatoms. The van der Waals surface area contributed by atoms with Gasteiger partial charge in [-0.1, -0.05) is 30.3 Å². The van der Waals surface area contributed by atoms with Crippen LogP contribution in [0.25, 0.3) is 0 Å². The summed E-state index contributed by atoms with van der Waals surface area (Å²) >= 11 is 0. The monoisotopic (exact) mass is 449 g/mol. The van der Waals surface area contributed by atoms with Crippen LogP contribution in [0.5, 0.6) is 0 Å². The van der Waals surface area contributed by atoms with Crippen molar-refractivity contribution in [2.45, 2.75) is 25.4 Å². The van der Waals surface area contributed by atoms with Gasteiger partial charge in [-0.2, -0.15) is 0 Å². The lowest BCUT2D eigenvalue weighted by Gasteiger charge is -2.35. The first kappa shape index (κ1) is 22.5. The number of benzene rings is 3. The molecule has 170 valence electrons. The second-order valence-electron chi connectivity index (χ2n) is 8.07. The number of halogens is 2. The fraction of sp³-hybridized carbons (Fsp3) is 0.231. The summed E-state index contributed by atoms with van der Waals surface area (Å²) < 4.78 is 26.8. The lowest BCUT2D eigenvalue weighted by molar-refractivity contribution is 0.0929. The van der Waals surface area contributed by atoms with E-state index in [4.69, 9.17) is 0 Å². The Kier molecular flexibility index (Phi) is 6.98. The summed E-state index contributed by atoms with van der Waals surface area (Å²) in [4.78, 5) is 27.4. The molecule has 2 N–H and O–H groups in total. The number of carbonyl (C=O) groups excluding carboxylic acids is 2. The zero-order valence-electron chi connectivity index (χ0n) is 18.1. The first-order chi connectivity index (χ1) is 16.0. The molecule has 1 saturated heterocycles. The second-order valence-corrected chi connectivity index (χ2v) is 8.07. The van der Waals surface area contributed by atoms with E-state index in [1.807, 2.05) is 18.2 Å². The fourth-order valence-electron chi connectivity index (χ4n) is 4.03. The van der Waals surface area contributed by atoms with Crippen LogP contribution in [-0.4, -0.2) is 30.9 Å². The summed E-state index contributed by atoms with van der Waals surface area (Å²) in [6.45, 7) is 1.57. The lowest BCUT2D eigenvalue weighted by Crippen LogP contribution is -2.45. The van der Waals surface area contributed by atoms with Gasteiger partial charge in [-0.3, -0.25) is 9.59 Å². The van der Waals surface area contributed by atoms with Gasteiger partial charge in [0.1, 0.15) is 11.6 Å². The minimum atomic E-state index is -0.440. The second kappa shape index (κ2) is 10.3. The predicted octanol–water partition coefficient (Wildman–Crippen LogP) is 4.29. The number of carbonyl (C=O) groups is 2. The van der Waals surface area contributed by atoms with Crippen LogP contribution in [-0.2, 0) is 6.54 Å². The van der Waals surface area contributed by atoms with E-state index in [-0.39, 0.29) is 30.2 Å². The number of hydrogen-bond acceptors (Lipinski definition) is 3. The molecule has 0 saturated carbocycles. The molecule has 0 bridgehead atoms. The van der Waals surface area contributed by atoms with Crippen LogP contribution < -0.4 is 15.5 Å². The van der Waals surface area contributed by atoms with Crippen molar-refractivity contribution in [2.75, 3.05) is 18.0 Å². The number of anilines is 1. The Balaban J connectivity index is 1.35. The van der Waals surface area contributed by atoms with Gasteiger partial charge in [0, 0.05) is 36.9 Å². The first-order valence-electron chi connectivity index (χ1n) is 10.9. The van der Waals surface area contributed by atoms with Gasteiger partial charge >= 0.3 is 0 Å². The molecule has 1 fully saturated rings. The highest BCUT2D eigenvalue weighted by molar-refractivity contribution is 5.99. The van der Waals surface area contributed by atoms with Crippen LogP contribution >= 0.6 is 0 Å². The van der Waals surface area contributed by atoms with Crippen molar-refractivity contribution in [1.29, 1.82) is 0 Å². The van der Waals surface area contributed by atoms with E-state index in [1.165, 1.54) is 30.3 Å². The number of nitrogens with one attached hydrogen (secondary N) is 2. The van der Waals surface area contributed by atoms with E-state index >= 15 is 0 Å². The number of nitrogens with zero attached hydrogens (tertiary/aromatic N) is 1. The predicted molar refractivity (Wildman–Crippen MR) is 123 cm³/mol. The molecule has 1 aliphatic rings. The van der Waals surface area contributed by atoms with Crippen molar-refractivity contribution in [3.8, 4) is 0 Å². The molecule has 33 heavy (non-hydrogen) atoms. The maximum absolute atomic E-state index is 13.4. The number of piperidine rings is 1. The summed E-state index contributed by atoms with van der Waals surface area (Å²) in [6.07, 6.45) is 1.42. The highest BCUT2D eigenvalue weighted by Crippen LogP contribution is 2.24. The van der Waals surface area contributed by atoms with Crippen LogP contribution in [0.2, 0.25) is 0 Å². The molecular weight excluding hydrogens is 424 g/mol. The Labute approximate surface area is 191 Å². The van der Waals surface area contributed by atoms with Crippen molar-refractivity contribution in [2.24, 2.45) is 0 Å². The van der Waals surface area contributed by atoms with Crippen molar-refractivity contribution in [3.63, 3.8) is 0 Å². The van der Waals surface area contributed by atoms with Gasteiger partial charge < -0.3 is 15.5 Å². The highest BCUT2D eigenvalue weighted by atomic mass is 19.1. The maximum atomic E-state index is 13.4. The summed E-state index contributed by atoms with van der Waals surface area (Å²) in [5, 5.41) is 5.83. The Bertz CT molecular complexity index is 1140. The molecule has 2 amide bonds. The Morgan fingerprint density at radius 1 is 0.848 bits per heavy atom. The topological polar surface area (TPSA) is 61.4 Å². The van der Waals surface area contributed by atoms with Crippen LogP contribution in [0, 0.1) is 11.6 Å². The Morgan fingerprint density at radius 2 is 1.55 bits per heavy atom. The van der Waals surface area contributed by atoms with E-state index in [2.05, 4.69) is 15.5 Å². The minimum Gasteiger partial charge on any atom is -0.371 e. The summed E-state index contributed by atoms with van der Waals surface area (Å²) in [5.74, 6) is -1.29. The molecule has 5 nitrogen and oxygen atoms in total. The Morgan fingerprint density at radius 3 is 2.27 bits per heavy atom. The summed E-state index contributed by atoms with van der Waals surface area (Å²) in [5.41, 5.74) is 2.37. The third-order valence-electron chi connectivity index (χ3n) is 5.75. The highest BCUT2D eigenvalue weighted by Gasteiger charge is 2.24. The number of rotatable bonds is 6. The van der Waals surface area contributed by atoms with Gasteiger partial charge in [-0.15, -0.1) is 0 Å². The quantitative estimate of drug-likeness (QED) is 0.590. The van der Waals surface area contributed by atoms with Crippen LogP contribution in [0.1, 0.15) is 39.1 Å². The average molecular weight is 450 g/mol. The molecule has 1 aliphatic heterocycles. The molecule has 4 rings (SSSR count). The first-order valence-corrected chi connectivity index (χ1v) is 10.9. The van der Waals surface area contributed by atoms with Gasteiger partial charge in [0.2, 0.25) is 0 Å². The van der Waals surface area contributed by atoms with E-state index in [0.717, 1.165) is 5.69 Å². The average Bonchev–Trinajstić information content (AvgIpc) is 2.83. The normalized spacial score (nSPS) is 14.1. The molecule has 0 atom stereocenters.